The standard InChI is InChI=1S/C9H10O/c1-3-9-7(2)4-5-8(9)6-10/h3-4,6H,1,5H2,2H3. The van der Waals surface area contributed by atoms with Crippen molar-refractivity contribution >= 4 is 6.29 Å². The summed E-state index contributed by atoms with van der Waals surface area (Å²) in [7, 11) is 0. The third-order valence-electron chi connectivity index (χ3n) is 1.75. The maximum absolute atomic E-state index is 10.4. The second-order valence-corrected chi connectivity index (χ2v) is 2.35. The van der Waals surface area contributed by atoms with Crippen molar-refractivity contribution in [2.75, 3.05) is 0 Å². The molecule has 1 aliphatic carbocycles. The average molecular weight is 134 g/mol. The summed E-state index contributed by atoms with van der Waals surface area (Å²) in [5, 5.41) is 0. The van der Waals surface area contributed by atoms with Gasteiger partial charge in [0.1, 0.15) is 6.29 Å². The van der Waals surface area contributed by atoms with Crippen molar-refractivity contribution in [3.05, 3.63) is 35.5 Å². The highest BCUT2D eigenvalue weighted by molar-refractivity contribution is 5.80. The van der Waals surface area contributed by atoms with E-state index in [0.29, 0.717) is 0 Å². The van der Waals surface area contributed by atoms with E-state index in [-0.39, 0.29) is 0 Å². The predicted octanol–water partition coefficient (Wildman–Crippen LogP) is 2.02. The van der Waals surface area contributed by atoms with Gasteiger partial charge < -0.3 is 0 Å². The monoisotopic (exact) mass is 134 g/mol. The molecule has 0 aliphatic heterocycles. The minimum Gasteiger partial charge on any atom is -0.298 e. The van der Waals surface area contributed by atoms with Crippen LogP contribution in [0.2, 0.25) is 0 Å². The highest BCUT2D eigenvalue weighted by atomic mass is 16.1. The van der Waals surface area contributed by atoms with Crippen molar-refractivity contribution in [3.63, 3.8) is 0 Å². The molecule has 0 saturated carbocycles. The van der Waals surface area contributed by atoms with Gasteiger partial charge in [-0.2, -0.15) is 0 Å². The zero-order chi connectivity index (χ0) is 7.56. The van der Waals surface area contributed by atoms with Gasteiger partial charge in [-0.05, 0) is 24.5 Å². The van der Waals surface area contributed by atoms with Crippen LogP contribution in [0.25, 0.3) is 0 Å². The Balaban J connectivity index is 3.02. The fraction of sp³-hybridized carbons (Fsp3) is 0.222. The van der Waals surface area contributed by atoms with Crippen LogP contribution in [0.3, 0.4) is 0 Å². The lowest BCUT2D eigenvalue weighted by molar-refractivity contribution is -0.105. The minimum atomic E-state index is 0.774. The first-order valence-corrected chi connectivity index (χ1v) is 3.27. The van der Waals surface area contributed by atoms with E-state index in [1.807, 2.05) is 13.0 Å². The van der Waals surface area contributed by atoms with Gasteiger partial charge in [0, 0.05) is 5.57 Å². The lowest BCUT2D eigenvalue weighted by Gasteiger charge is -1.95. The van der Waals surface area contributed by atoms with Gasteiger partial charge in [0.2, 0.25) is 0 Å². The van der Waals surface area contributed by atoms with E-state index in [1.54, 1.807) is 6.08 Å². The van der Waals surface area contributed by atoms with Crippen LogP contribution in [0.5, 0.6) is 0 Å². The number of hydrogen-bond donors (Lipinski definition) is 0. The Hall–Kier alpha value is -1.11. The molecule has 1 nitrogen and oxygen atoms in total. The zero-order valence-corrected chi connectivity index (χ0v) is 6.05. The quantitative estimate of drug-likeness (QED) is 0.528. The van der Waals surface area contributed by atoms with Crippen molar-refractivity contribution in [1.29, 1.82) is 0 Å². The average Bonchev–Trinajstić information content (AvgIpc) is 2.30. The van der Waals surface area contributed by atoms with E-state index in [9.17, 15) is 4.79 Å². The van der Waals surface area contributed by atoms with Crippen LogP contribution in [-0.4, -0.2) is 6.29 Å². The Morgan fingerprint density at radius 1 is 1.70 bits per heavy atom. The topological polar surface area (TPSA) is 17.1 Å². The molecule has 0 N–H and O–H groups in total. The van der Waals surface area contributed by atoms with Crippen molar-refractivity contribution in [2.24, 2.45) is 0 Å². The number of carbonyl (C=O) groups is 1. The molecule has 0 unspecified atom stereocenters. The van der Waals surface area contributed by atoms with Crippen LogP contribution < -0.4 is 0 Å². The smallest absolute Gasteiger partial charge is 0.146 e. The predicted molar refractivity (Wildman–Crippen MR) is 41.7 cm³/mol. The molecule has 10 heavy (non-hydrogen) atoms. The number of hydrogen-bond acceptors (Lipinski definition) is 1. The van der Waals surface area contributed by atoms with E-state index < -0.39 is 0 Å². The fourth-order valence-corrected chi connectivity index (χ4v) is 1.14. The number of aldehydes is 1. The SMILES string of the molecule is C=CC1=C(C=O)CC=C1C. The van der Waals surface area contributed by atoms with Crippen LogP contribution in [-0.2, 0) is 4.79 Å². The van der Waals surface area contributed by atoms with E-state index in [2.05, 4.69) is 6.58 Å². The molecule has 1 heteroatoms. The molecule has 0 saturated heterocycles. The molecule has 1 aliphatic rings. The summed E-state index contributed by atoms with van der Waals surface area (Å²) in [5.74, 6) is 0. The molecular formula is C9H10O. The molecule has 0 bridgehead atoms. The molecule has 0 radical (unpaired) electrons. The summed E-state index contributed by atoms with van der Waals surface area (Å²) in [6.45, 7) is 5.63. The van der Waals surface area contributed by atoms with Crippen molar-refractivity contribution in [3.8, 4) is 0 Å². The third-order valence-corrected chi connectivity index (χ3v) is 1.75. The normalized spacial score (nSPS) is 17.1. The Labute approximate surface area is 60.7 Å². The number of rotatable bonds is 2. The summed E-state index contributed by atoms with van der Waals surface area (Å²) in [6, 6.07) is 0. The van der Waals surface area contributed by atoms with Crippen molar-refractivity contribution in [2.45, 2.75) is 13.3 Å². The molecule has 1 rings (SSSR count). The highest BCUT2D eigenvalue weighted by Crippen LogP contribution is 2.24. The summed E-state index contributed by atoms with van der Waals surface area (Å²) in [5.41, 5.74) is 3.03. The molecule has 52 valence electrons. The summed E-state index contributed by atoms with van der Waals surface area (Å²) >= 11 is 0. The number of allylic oxidation sites excluding steroid dienone is 5. The summed E-state index contributed by atoms with van der Waals surface area (Å²) in [6.07, 6.45) is 5.46. The number of carbonyl (C=O) groups excluding carboxylic acids is 1. The van der Waals surface area contributed by atoms with E-state index in [0.717, 1.165) is 29.4 Å². The minimum absolute atomic E-state index is 0.774. The maximum Gasteiger partial charge on any atom is 0.146 e. The van der Waals surface area contributed by atoms with Gasteiger partial charge in [-0.15, -0.1) is 0 Å². The van der Waals surface area contributed by atoms with Crippen LogP contribution in [0, 0.1) is 0 Å². The van der Waals surface area contributed by atoms with E-state index in [1.165, 1.54) is 0 Å². The Morgan fingerprint density at radius 2 is 2.40 bits per heavy atom. The molecular weight excluding hydrogens is 124 g/mol. The molecule has 0 atom stereocenters. The summed E-state index contributed by atoms with van der Waals surface area (Å²) in [4.78, 5) is 10.4. The maximum atomic E-state index is 10.4. The molecule has 0 spiro atoms. The largest absolute Gasteiger partial charge is 0.298 e. The molecule has 0 heterocycles. The fourth-order valence-electron chi connectivity index (χ4n) is 1.14. The molecule has 0 fully saturated rings. The van der Waals surface area contributed by atoms with Gasteiger partial charge in [0.25, 0.3) is 0 Å². The van der Waals surface area contributed by atoms with Crippen molar-refractivity contribution in [1.82, 2.24) is 0 Å². The van der Waals surface area contributed by atoms with Crippen LogP contribution in [0.15, 0.2) is 35.5 Å². The second-order valence-electron chi connectivity index (χ2n) is 2.35. The zero-order valence-electron chi connectivity index (χ0n) is 6.05. The Morgan fingerprint density at radius 3 is 2.80 bits per heavy atom. The Bertz CT molecular complexity index is 231. The van der Waals surface area contributed by atoms with Gasteiger partial charge in [0.15, 0.2) is 0 Å². The summed E-state index contributed by atoms with van der Waals surface area (Å²) < 4.78 is 0. The van der Waals surface area contributed by atoms with Gasteiger partial charge in [-0.3, -0.25) is 4.79 Å². The van der Waals surface area contributed by atoms with Gasteiger partial charge in [-0.1, -0.05) is 18.7 Å². The first-order valence-electron chi connectivity index (χ1n) is 3.27. The van der Waals surface area contributed by atoms with Gasteiger partial charge in [-0.25, -0.2) is 0 Å². The van der Waals surface area contributed by atoms with Crippen LogP contribution in [0.1, 0.15) is 13.3 Å². The lowest BCUT2D eigenvalue weighted by atomic mass is 10.1. The van der Waals surface area contributed by atoms with E-state index >= 15 is 0 Å². The van der Waals surface area contributed by atoms with Crippen LogP contribution in [0.4, 0.5) is 0 Å². The van der Waals surface area contributed by atoms with E-state index in [4.69, 9.17) is 0 Å². The van der Waals surface area contributed by atoms with Gasteiger partial charge in [0.05, 0.1) is 0 Å². The van der Waals surface area contributed by atoms with Crippen LogP contribution >= 0.6 is 0 Å². The molecule has 0 amide bonds. The molecule has 0 aromatic heterocycles. The molecule has 0 aromatic carbocycles. The second kappa shape index (κ2) is 2.65. The lowest BCUT2D eigenvalue weighted by Crippen LogP contribution is -1.83. The molecule has 0 aromatic rings. The highest BCUT2D eigenvalue weighted by Gasteiger charge is 2.09. The Kier molecular flexibility index (Phi) is 1.86. The third kappa shape index (κ3) is 0.947. The first-order chi connectivity index (χ1) is 4.79. The van der Waals surface area contributed by atoms with Crippen molar-refractivity contribution < 1.29 is 4.79 Å². The van der Waals surface area contributed by atoms with Gasteiger partial charge >= 0.3 is 0 Å². The first kappa shape index (κ1) is 7.00.